The van der Waals surface area contributed by atoms with Crippen LogP contribution in [-0.2, 0) is 11.2 Å². The lowest BCUT2D eigenvalue weighted by molar-refractivity contribution is -0.107. The number of aromatic hydroxyl groups is 1. The standard InChI is InChI=1S/C25H27Cl2N3O2/c1-30(2)19-6-4-18(5-7-19)29-24-16(9-10-31)14-28-23-8-3-15(11-20(23)24)17-12-21(26)25(32)22(27)13-17/h3,8,10-14,18-19,32H,4-7,9H2,1-2H3,(H,28,29). The van der Waals surface area contributed by atoms with Crippen LogP contribution in [0.5, 0.6) is 5.75 Å². The summed E-state index contributed by atoms with van der Waals surface area (Å²) < 4.78 is 0. The lowest BCUT2D eigenvalue weighted by Crippen LogP contribution is -2.36. The molecule has 7 heteroatoms. The fourth-order valence-electron chi connectivity index (χ4n) is 4.50. The van der Waals surface area contributed by atoms with Gasteiger partial charge in [0.05, 0.1) is 15.6 Å². The number of hydrogen-bond donors (Lipinski definition) is 2. The second-order valence-corrected chi connectivity index (χ2v) is 9.48. The number of phenols is 1. The summed E-state index contributed by atoms with van der Waals surface area (Å²) in [7, 11) is 4.28. The second kappa shape index (κ2) is 9.65. The number of fused-ring (bicyclic) bond motifs is 1. The molecule has 1 saturated carbocycles. The van der Waals surface area contributed by atoms with E-state index in [4.69, 9.17) is 23.2 Å². The van der Waals surface area contributed by atoms with Crippen molar-refractivity contribution in [2.45, 2.75) is 44.2 Å². The minimum atomic E-state index is -0.122. The number of anilines is 1. The van der Waals surface area contributed by atoms with Crippen molar-refractivity contribution in [2.24, 2.45) is 0 Å². The number of phenolic OH excluding ortho intramolecular Hbond substituents is 1. The van der Waals surface area contributed by atoms with Crippen LogP contribution in [0.4, 0.5) is 5.69 Å². The van der Waals surface area contributed by atoms with Crippen LogP contribution in [-0.4, -0.2) is 47.5 Å². The van der Waals surface area contributed by atoms with Crippen molar-refractivity contribution < 1.29 is 9.90 Å². The highest BCUT2D eigenvalue weighted by molar-refractivity contribution is 6.37. The van der Waals surface area contributed by atoms with Gasteiger partial charge >= 0.3 is 0 Å². The Labute approximate surface area is 198 Å². The van der Waals surface area contributed by atoms with Crippen LogP contribution in [0.15, 0.2) is 36.5 Å². The molecule has 5 nitrogen and oxygen atoms in total. The normalized spacial score (nSPS) is 18.8. The number of carbonyl (C=O) groups is 1. The molecule has 0 unspecified atom stereocenters. The molecule has 0 bridgehead atoms. The van der Waals surface area contributed by atoms with Crippen molar-refractivity contribution in [3.8, 4) is 16.9 Å². The minimum Gasteiger partial charge on any atom is -0.505 e. The van der Waals surface area contributed by atoms with Gasteiger partial charge in [-0.1, -0.05) is 29.3 Å². The molecule has 0 atom stereocenters. The van der Waals surface area contributed by atoms with E-state index in [2.05, 4.69) is 29.3 Å². The number of halogens is 2. The maximum Gasteiger partial charge on any atom is 0.152 e. The van der Waals surface area contributed by atoms with Crippen LogP contribution < -0.4 is 5.32 Å². The Kier molecular flexibility index (Phi) is 6.89. The summed E-state index contributed by atoms with van der Waals surface area (Å²) in [5.41, 5.74) is 4.42. The smallest absolute Gasteiger partial charge is 0.152 e. The van der Waals surface area contributed by atoms with E-state index in [-0.39, 0.29) is 15.8 Å². The summed E-state index contributed by atoms with van der Waals surface area (Å²) in [5.74, 6) is -0.122. The van der Waals surface area contributed by atoms with E-state index in [1.165, 1.54) is 0 Å². The van der Waals surface area contributed by atoms with Crippen molar-refractivity contribution in [3.05, 3.63) is 52.1 Å². The van der Waals surface area contributed by atoms with Gasteiger partial charge in [0.1, 0.15) is 6.29 Å². The summed E-state index contributed by atoms with van der Waals surface area (Å²) in [6, 6.07) is 10.3. The molecule has 1 fully saturated rings. The van der Waals surface area contributed by atoms with Crippen molar-refractivity contribution in [1.82, 2.24) is 9.88 Å². The largest absolute Gasteiger partial charge is 0.505 e. The predicted octanol–water partition coefficient (Wildman–Crippen LogP) is 5.94. The van der Waals surface area contributed by atoms with Crippen LogP contribution in [0, 0.1) is 0 Å². The first-order valence-corrected chi connectivity index (χ1v) is 11.6. The number of rotatable bonds is 6. The number of pyridine rings is 1. The first-order chi connectivity index (χ1) is 15.4. The van der Waals surface area contributed by atoms with E-state index in [0.29, 0.717) is 18.5 Å². The summed E-state index contributed by atoms with van der Waals surface area (Å²) in [6.07, 6.45) is 7.46. The molecule has 2 N–H and O–H groups in total. The third-order valence-corrected chi connectivity index (χ3v) is 6.95. The number of aromatic nitrogens is 1. The SMILES string of the molecule is CN(C)C1CCC(Nc2c(CC=O)cnc3ccc(-c4cc(Cl)c(O)c(Cl)c4)cc23)CC1. The quantitative estimate of drug-likeness (QED) is 0.435. The highest BCUT2D eigenvalue weighted by Gasteiger charge is 2.23. The zero-order valence-electron chi connectivity index (χ0n) is 18.2. The number of nitrogens with zero attached hydrogens (tertiary/aromatic N) is 2. The Balaban J connectivity index is 1.73. The topological polar surface area (TPSA) is 65.5 Å². The molecule has 2 aromatic carbocycles. The molecule has 3 aromatic rings. The van der Waals surface area contributed by atoms with Gasteiger partial charge in [-0.25, -0.2) is 0 Å². The summed E-state index contributed by atoms with van der Waals surface area (Å²) in [4.78, 5) is 18.2. The monoisotopic (exact) mass is 471 g/mol. The fourth-order valence-corrected chi connectivity index (χ4v) is 4.99. The van der Waals surface area contributed by atoms with Crippen molar-refractivity contribution in [3.63, 3.8) is 0 Å². The van der Waals surface area contributed by atoms with Crippen LogP contribution >= 0.6 is 23.2 Å². The highest BCUT2D eigenvalue weighted by Crippen LogP contribution is 2.38. The maximum atomic E-state index is 11.4. The molecular formula is C25H27Cl2N3O2. The zero-order chi connectivity index (χ0) is 22.8. The molecule has 168 valence electrons. The van der Waals surface area contributed by atoms with Crippen LogP contribution in [0.25, 0.3) is 22.0 Å². The van der Waals surface area contributed by atoms with Gasteiger partial charge in [-0.2, -0.15) is 0 Å². The molecular weight excluding hydrogens is 445 g/mol. The lowest BCUT2D eigenvalue weighted by atomic mass is 9.90. The van der Waals surface area contributed by atoms with Crippen molar-refractivity contribution >= 4 is 46.1 Å². The Bertz CT molecular complexity index is 1120. The lowest BCUT2D eigenvalue weighted by Gasteiger charge is -2.34. The van der Waals surface area contributed by atoms with E-state index in [1.54, 1.807) is 18.3 Å². The molecule has 32 heavy (non-hydrogen) atoms. The Morgan fingerprint density at radius 1 is 1.09 bits per heavy atom. The van der Waals surface area contributed by atoms with Gasteiger partial charge in [0.15, 0.2) is 5.75 Å². The van der Waals surface area contributed by atoms with Gasteiger partial charge in [-0.15, -0.1) is 0 Å². The number of carbonyl (C=O) groups excluding carboxylic acids is 1. The first kappa shape index (κ1) is 22.8. The average molecular weight is 472 g/mol. The first-order valence-electron chi connectivity index (χ1n) is 10.8. The van der Waals surface area contributed by atoms with Gasteiger partial charge in [-0.05, 0) is 75.2 Å². The van der Waals surface area contributed by atoms with E-state index < -0.39 is 0 Å². The molecule has 0 aliphatic heterocycles. The molecule has 1 heterocycles. The van der Waals surface area contributed by atoms with E-state index >= 15 is 0 Å². The third kappa shape index (κ3) is 4.70. The molecule has 1 aliphatic rings. The van der Waals surface area contributed by atoms with Gasteiger partial charge < -0.3 is 20.1 Å². The number of nitrogens with one attached hydrogen (secondary N) is 1. The summed E-state index contributed by atoms with van der Waals surface area (Å²) in [5, 5.41) is 15.0. The molecule has 0 radical (unpaired) electrons. The Morgan fingerprint density at radius 3 is 2.41 bits per heavy atom. The summed E-state index contributed by atoms with van der Waals surface area (Å²) in [6.45, 7) is 0. The zero-order valence-corrected chi connectivity index (χ0v) is 19.7. The Hall–Kier alpha value is -2.34. The third-order valence-electron chi connectivity index (χ3n) is 6.38. The average Bonchev–Trinajstić information content (AvgIpc) is 2.78. The van der Waals surface area contributed by atoms with Crippen LogP contribution in [0.2, 0.25) is 10.0 Å². The van der Waals surface area contributed by atoms with Crippen molar-refractivity contribution in [1.29, 1.82) is 0 Å². The molecule has 0 amide bonds. The van der Waals surface area contributed by atoms with Crippen molar-refractivity contribution in [2.75, 3.05) is 19.4 Å². The Morgan fingerprint density at radius 2 is 1.78 bits per heavy atom. The minimum absolute atomic E-state index is 0.122. The molecule has 4 rings (SSSR count). The molecule has 0 spiro atoms. The molecule has 0 saturated heterocycles. The summed E-state index contributed by atoms with van der Waals surface area (Å²) >= 11 is 12.3. The van der Waals surface area contributed by atoms with E-state index in [1.807, 2.05) is 18.2 Å². The van der Waals surface area contributed by atoms with Crippen LogP contribution in [0.1, 0.15) is 31.2 Å². The van der Waals surface area contributed by atoms with Gasteiger partial charge in [0, 0.05) is 41.3 Å². The predicted molar refractivity (Wildman–Crippen MR) is 132 cm³/mol. The van der Waals surface area contributed by atoms with Gasteiger partial charge in [0.2, 0.25) is 0 Å². The van der Waals surface area contributed by atoms with Crippen LogP contribution in [0.3, 0.4) is 0 Å². The van der Waals surface area contributed by atoms with E-state index in [0.717, 1.165) is 65.3 Å². The van der Waals surface area contributed by atoms with Gasteiger partial charge in [0.25, 0.3) is 0 Å². The highest BCUT2D eigenvalue weighted by atomic mass is 35.5. The second-order valence-electron chi connectivity index (χ2n) is 8.66. The van der Waals surface area contributed by atoms with Gasteiger partial charge in [-0.3, -0.25) is 4.98 Å². The number of benzene rings is 2. The maximum absolute atomic E-state index is 11.4. The van der Waals surface area contributed by atoms with E-state index in [9.17, 15) is 9.90 Å². The fraction of sp³-hybridized carbons (Fsp3) is 0.360. The number of hydrogen-bond acceptors (Lipinski definition) is 5. The molecule has 1 aliphatic carbocycles. The number of aldehydes is 1. The molecule has 1 aromatic heterocycles.